The first-order chi connectivity index (χ1) is 9.29. The summed E-state index contributed by atoms with van der Waals surface area (Å²) in [5.74, 6) is 5.73. The minimum atomic E-state index is -0.401. The third kappa shape index (κ3) is 5.57. The van der Waals surface area contributed by atoms with E-state index in [9.17, 15) is 9.59 Å². The molecule has 0 saturated carbocycles. The van der Waals surface area contributed by atoms with Crippen molar-refractivity contribution in [3.8, 4) is 11.8 Å². The lowest BCUT2D eigenvalue weighted by Crippen LogP contribution is -2.34. The van der Waals surface area contributed by atoms with Gasteiger partial charge in [-0.1, -0.05) is 32.6 Å². The second kappa shape index (κ2) is 6.76. The van der Waals surface area contributed by atoms with Gasteiger partial charge in [0.25, 0.3) is 0 Å². The fourth-order valence-electron chi connectivity index (χ4n) is 1.38. The average molecular weight is 272 g/mol. The molecule has 0 spiro atoms. The van der Waals surface area contributed by atoms with E-state index in [-0.39, 0.29) is 11.8 Å². The lowest BCUT2D eigenvalue weighted by atomic mass is 9.96. The number of anilines is 1. The van der Waals surface area contributed by atoms with Gasteiger partial charge in [-0.25, -0.2) is 0 Å². The van der Waals surface area contributed by atoms with Gasteiger partial charge in [-0.05, 0) is 24.3 Å². The van der Waals surface area contributed by atoms with Crippen LogP contribution in [0.1, 0.15) is 33.3 Å². The third-order valence-corrected chi connectivity index (χ3v) is 2.46. The second-order valence-corrected chi connectivity index (χ2v) is 5.49. The van der Waals surface area contributed by atoms with Crippen molar-refractivity contribution in [1.29, 1.82) is 0 Å². The van der Waals surface area contributed by atoms with Crippen molar-refractivity contribution in [2.24, 2.45) is 5.41 Å². The topological polar surface area (TPSA) is 58.2 Å². The minimum Gasteiger partial charge on any atom is -0.345 e. The molecule has 20 heavy (non-hydrogen) atoms. The highest BCUT2D eigenvalue weighted by atomic mass is 16.2. The number of carbonyl (C=O) groups is 2. The van der Waals surface area contributed by atoms with E-state index < -0.39 is 5.41 Å². The van der Waals surface area contributed by atoms with Gasteiger partial charge in [-0.3, -0.25) is 9.59 Å². The van der Waals surface area contributed by atoms with Crippen LogP contribution in [0.15, 0.2) is 24.3 Å². The average Bonchev–Trinajstić information content (AvgIpc) is 2.34. The van der Waals surface area contributed by atoms with Crippen molar-refractivity contribution in [3.05, 3.63) is 29.8 Å². The van der Waals surface area contributed by atoms with E-state index in [1.165, 1.54) is 6.92 Å². The van der Waals surface area contributed by atoms with Gasteiger partial charge in [0, 0.05) is 23.6 Å². The van der Waals surface area contributed by atoms with Crippen LogP contribution in [0.5, 0.6) is 0 Å². The smallest absolute Gasteiger partial charge is 0.226 e. The molecule has 4 heteroatoms. The molecule has 0 fully saturated rings. The third-order valence-electron chi connectivity index (χ3n) is 2.46. The maximum Gasteiger partial charge on any atom is 0.226 e. The predicted octanol–water partition coefficient (Wildman–Crippen LogP) is 2.16. The number of rotatable bonds is 2. The molecule has 2 N–H and O–H groups in total. The van der Waals surface area contributed by atoms with Crippen LogP contribution in [-0.4, -0.2) is 18.4 Å². The summed E-state index contributed by atoms with van der Waals surface area (Å²) in [7, 11) is 0. The second-order valence-electron chi connectivity index (χ2n) is 5.49. The van der Waals surface area contributed by atoms with Crippen LogP contribution in [0.25, 0.3) is 0 Å². The zero-order valence-corrected chi connectivity index (χ0v) is 12.3. The van der Waals surface area contributed by atoms with Crippen molar-refractivity contribution < 1.29 is 9.59 Å². The summed E-state index contributed by atoms with van der Waals surface area (Å²) in [6, 6.07) is 7.23. The number of hydrogen-bond donors (Lipinski definition) is 2. The Morgan fingerprint density at radius 2 is 1.75 bits per heavy atom. The highest BCUT2D eigenvalue weighted by Crippen LogP contribution is 2.12. The van der Waals surface area contributed by atoms with E-state index in [2.05, 4.69) is 22.5 Å². The molecule has 1 aromatic rings. The number of carbonyl (C=O) groups excluding carboxylic acids is 2. The SMILES string of the molecule is CC(=O)Nc1ccc(C#CCNC(=O)C(C)(C)C)cc1. The Balaban J connectivity index is 2.52. The highest BCUT2D eigenvalue weighted by Gasteiger charge is 2.19. The van der Waals surface area contributed by atoms with Crippen LogP contribution >= 0.6 is 0 Å². The fourth-order valence-corrected chi connectivity index (χ4v) is 1.38. The molecule has 1 rings (SSSR count). The van der Waals surface area contributed by atoms with Crippen molar-refractivity contribution in [3.63, 3.8) is 0 Å². The van der Waals surface area contributed by atoms with Crippen LogP contribution < -0.4 is 10.6 Å². The molecule has 0 aliphatic heterocycles. The van der Waals surface area contributed by atoms with Crippen LogP contribution in [-0.2, 0) is 9.59 Å². The molecule has 0 aliphatic carbocycles. The van der Waals surface area contributed by atoms with Gasteiger partial charge in [0.05, 0.1) is 6.54 Å². The maximum absolute atomic E-state index is 11.6. The zero-order valence-electron chi connectivity index (χ0n) is 12.3. The Morgan fingerprint density at radius 1 is 1.15 bits per heavy atom. The van der Waals surface area contributed by atoms with E-state index >= 15 is 0 Å². The van der Waals surface area contributed by atoms with E-state index in [4.69, 9.17) is 0 Å². The first-order valence-corrected chi connectivity index (χ1v) is 6.44. The molecule has 0 atom stereocenters. The number of nitrogens with one attached hydrogen (secondary N) is 2. The van der Waals surface area contributed by atoms with Gasteiger partial charge in [0.2, 0.25) is 11.8 Å². The molecule has 0 saturated heterocycles. The van der Waals surface area contributed by atoms with Crippen LogP contribution in [0, 0.1) is 17.3 Å². The van der Waals surface area contributed by atoms with Crippen molar-refractivity contribution >= 4 is 17.5 Å². The summed E-state index contributed by atoms with van der Waals surface area (Å²) in [5, 5.41) is 5.45. The zero-order chi connectivity index (χ0) is 15.2. The standard InChI is InChI=1S/C16H20N2O2/c1-12(19)18-14-9-7-13(8-10-14)6-5-11-17-15(20)16(2,3)4/h7-10H,11H2,1-4H3,(H,17,20)(H,18,19). The molecular formula is C16H20N2O2. The lowest BCUT2D eigenvalue weighted by Gasteiger charge is -2.15. The van der Waals surface area contributed by atoms with E-state index in [1.807, 2.05) is 32.9 Å². The van der Waals surface area contributed by atoms with Gasteiger partial charge in [-0.2, -0.15) is 0 Å². The van der Waals surface area contributed by atoms with Gasteiger partial charge in [0.15, 0.2) is 0 Å². The van der Waals surface area contributed by atoms with Crippen molar-refractivity contribution in [1.82, 2.24) is 5.32 Å². The van der Waals surface area contributed by atoms with Crippen LogP contribution in [0.2, 0.25) is 0 Å². The Hall–Kier alpha value is -2.28. The summed E-state index contributed by atoms with van der Waals surface area (Å²) in [6.07, 6.45) is 0. The van der Waals surface area contributed by atoms with Gasteiger partial charge < -0.3 is 10.6 Å². The largest absolute Gasteiger partial charge is 0.345 e. The first kappa shape index (κ1) is 15.8. The predicted molar refractivity (Wildman–Crippen MR) is 80.1 cm³/mol. The van der Waals surface area contributed by atoms with E-state index in [1.54, 1.807) is 12.1 Å². The molecule has 0 bridgehead atoms. The van der Waals surface area contributed by atoms with Crippen LogP contribution in [0.3, 0.4) is 0 Å². The van der Waals surface area contributed by atoms with Gasteiger partial charge in [0.1, 0.15) is 0 Å². The molecule has 1 aromatic carbocycles. The molecule has 0 radical (unpaired) electrons. The quantitative estimate of drug-likeness (QED) is 0.811. The summed E-state index contributed by atoms with van der Waals surface area (Å²) in [6.45, 7) is 7.36. The summed E-state index contributed by atoms with van der Waals surface area (Å²) >= 11 is 0. The molecule has 2 amide bonds. The van der Waals surface area contributed by atoms with Crippen LogP contribution in [0.4, 0.5) is 5.69 Å². The molecule has 4 nitrogen and oxygen atoms in total. The molecule has 0 unspecified atom stereocenters. The number of amides is 2. The first-order valence-electron chi connectivity index (χ1n) is 6.44. The Morgan fingerprint density at radius 3 is 2.25 bits per heavy atom. The van der Waals surface area contributed by atoms with Gasteiger partial charge >= 0.3 is 0 Å². The lowest BCUT2D eigenvalue weighted by molar-refractivity contribution is -0.128. The maximum atomic E-state index is 11.6. The van der Waals surface area contributed by atoms with E-state index in [0.717, 1.165) is 11.3 Å². The molecule has 0 aromatic heterocycles. The Kier molecular flexibility index (Phi) is 5.33. The highest BCUT2D eigenvalue weighted by molar-refractivity contribution is 5.88. The number of benzene rings is 1. The molecule has 106 valence electrons. The molecule has 0 heterocycles. The molecule has 0 aliphatic rings. The van der Waals surface area contributed by atoms with Crippen molar-refractivity contribution in [2.75, 3.05) is 11.9 Å². The fraction of sp³-hybridized carbons (Fsp3) is 0.375. The molecular weight excluding hydrogens is 252 g/mol. The van der Waals surface area contributed by atoms with Gasteiger partial charge in [-0.15, -0.1) is 0 Å². The Bertz CT molecular complexity index is 543. The minimum absolute atomic E-state index is 0.0205. The number of hydrogen-bond acceptors (Lipinski definition) is 2. The van der Waals surface area contributed by atoms with Crippen molar-refractivity contribution in [2.45, 2.75) is 27.7 Å². The van der Waals surface area contributed by atoms with E-state index in [0.29, 0.717) is 6.54 Å². The Labute approximate surface area is 120 Å². The summed E-state index contributed by atoms with van der Waals surface area (Å²) in [4.78, 5) is 22.5. The monoisotopic (exact) mass is 272 g/mol. The summed E-state index contributed by atoms with van der Waals surface area (Å²) < 4.78 is 0. The summed E-state index contributed by atoms with van der Waals surface area (Å²) in [5.41, 5.74) is 1.18. The normalized spacial score (nSPS) is 10.2.